The molecule has 2 heterocycles. The summed E-state index contributed by atoms with van der Waals surface area (Å²) in [6, 6.07) is 13.5. The topological polar surface area (TPSA) is 76.1 Å². The zero-order valence-electron chi connectivity index (χ0n) is 17.5. The van der Waals surface area contributed by atoms with Crippen LogP contribution in [0.25, 0.3) is 5.76 Å². The van der Waals surface area contributed by atoms with Gasteiger partial charge in [0.05, 0.1) is 17.7 Å². The molecular weight excluding hydrogens is 474 g/mol. The van der Waals surface area contributed by atoms with Crippen LogP contribution in [0.15, 0.2) is 71.2 Å². The van der Waals surface area contributed by atoms with E-state index in [2.05, 4.69) is 22.5 Å². The van der Waals surface area contributed by atoms with E-state index in [4.69, 9.17) is 9.47 Å². The maximum atomic E-state index is 13.1. The van der Waals surface area contributed by atoms with Gasteiger partial charge in [-0.25, -0.2) is 0 Å². The molecule has 1 N–H and O–H groups in total. The Labute approximate surface area is 195 Å². The van der Waals surface area contributed by atoms with Crippen LogP contribution < -0.4 is 4.74 Å². The second-order valence-electron chi connectivity index (χ2n) is 7.76. The van der Waals surface area contributed by atoms with E-state index in [-0.39, 0.29) is 17.4 Å². The zero-order valence-corrected chi connectivity index (χ0v) is 19.1. The summed E-state index contributed by atoms with van der Waals surface area (Å²) in [4.78, 5) is 27.6. The lowest BCUT2D eigenvalue weighted by Gasteiger charge is -2.27. The molecule has 0 spiro atoms. The van der Waals surface area contributed by atoms with Gasteiger partial charge in [-0.1, -0.05) is 40.7 Å². The Kier molecular flexibility index (Phi) is 6.77. The molecule has 2 fully saturated rings. The molecule has 32 heavy (non-hydrogen) atoms. The fourth-order valence-corrected chi connectivity index (χ4v) is 4.35. The first-order chi connectivity index (χ1) is 15.5. The van der Waals surface area contributed by atoms with Gasteiger partial charge in [-0.2, -0.15) is 0 Å². The van der Waals surface area contributed by atoms with Crippen LogP contribution in [0.2, 0.25) is 0 Å². The number of rotatable bonds is 7. The summed E-state index contributed by atoms with van der Waals surface area (Å²) >= 11 is 3.42. The van der Waals surface area contributed by atoms with Gasteiger partial charge in [-0.05, 0) is 54.8 Å². The molecular formula is C25H24BrNO5. The molecule has 2 aromatic rings. The molecule has 0 saturated carbocycles. The number of carbonyl (C=O) groups excluding carboxylic acids is 2. The quantitative estimate of drug-likeness (QED) is 0.261. The molecule has 1 amide bonds. The fraction of sp³-hybridized carbons (Fsp3) is 0.280. The van der Waals surface area contributed by atoms with E-state index in [0.29, 0.717) is 31.1 Å². The lowest BCUT2D eigenvalue weighted by molar-refractivity contribution is -0.140. The van der Waals surface area contributed by atoms with E-state index in [1.807, 2.05) is 24.3 Å². The van der Waals surface area contributed by atoms with E-state index in [0.717, 1.165) is 22.9 Å². The van der Waals surface area contributed by atoms with Crippen LogP contribution in [0, 0.1) is 0 Å². The third-order valence-corrected chi connectivity index (χ3v) is 6.17. The molecule has 2 saturated heterocycles. The Morgan fingerprint density at radius 1 is 1.19 bits per heavy atom. The SMILES string of the molecule is C=CCOc1ccc(C(O)=C2C(=O)C(=O)N(C[C@H]3CCCO3)[C@H]2c2ccc(Br)cc2)cc1. The van der Waals surface area contributed by atoms with Crippen molar-refractivity contribution in [3.05, 3.63) is 82.4 Å². The van der Waals surface area contributed by atoms with Crippen molar-refractivity contribution in [3.63, 3.8) is 0 Å². The Morgan fingerprint density at radius 3 is 2.53 bits per heavy atom. The van der Waals surface area contributed by atoms with Gasteiger partial charge in [-0.3, -0.25) is 9.59 Å². The lowest BCUT2D eigenvalue weighted by atomic mass is 9.95. The highest BCUT2D eigenvalue weighted by atomic mass is 79.9. The van der Waals surface area contributed by atoms with Crippen LogP contribution in [0.1, 0.15) is 30.0 Å². The minimum Gasteiger partial charge on any atom is -0.507 e. The summed E-state index contributed by atoms with van der Waals surface area (Å²) < 4.78 is 12.1. The zero-order chi connectivity index (χ0) is 22.7. The first-order valence-corrected chi connectivity index (χ1v) is 11.3. The van der Waals surface area contributed by atoms with Crippen molar-refractivity contribution < 1.29 is 24.2 Å². The molecule has 2 aliphatic rings. The first kappa shape index (κ1) is 22.3. The number of aliphatic hydroxyl groups is 1. The third kappa shape index (κ3) is 4.49. The van der Waals surface area contributed by atoms with Gasteiger partial charge >= 0.3 is 0 Å². The van der Waals surface area contributed by atoms with Crippen molar-refractivity contribution in [2.45, 2.75) is 25.0 Å². The number of amides is 1. The lowest BCUT2D eigenvalue weighted by Crippen LogP contribution is -2.36. The number of Topliss-reactive ketones (excluding diaryl/α,β-unsaturated/α-hetero) is 1. The number of ketones is 1. The highest BCUT2D eigenvalue weighted by molar-refractivity contribution is 9.10. The number of nitrogens with zero attached hydrogens (tertiary/aromatic N) is 1. The van der Waals surface area contributed by atoms with Gasteiger partial charge in [0.1, 0.15) is 18.1 Å². The summed E-state index contributed by atoms with van der Waals surface area (Å²) in [5.74, 6) is -0.910. The molecule has 6 nitrogen and oxygen atoms in total. The number of hydrogen-bond donors (Lipinski definition) is 1. The van der Waals surface area contributed by atoms with Crippen LogP contribution in [0.5, 0.6) is 5.75 Å². The normalized spacial score (nSPS) is 22.3. The summed E-state index contributed by atoms with van der Waals surface area (Å²) in [5.41, 5.74) is 1.26. The fourth-order valence-electron chi connectivity index (χ4n) is 4.09. The van der Waals surface area contributed by atoms with Crippen molar-refractivity contribution in [2.24, 2.45) is 0 Å². The molecule has 7 heteroatoms. The second-order valence-corrected chi connectivity index (χ2v) is 8.68. The first-order valence-electron chi connectivity index (χ1n) is 10.5. The molecule has 166 valence electrons. The molecule has 0 aromatic heterocycles. The maximum absolute atomic E-state index is 13.1. The van der Waals surface area contributed by atoms with E-state index in [1.54, 1.807) is 30.3 Å². The molecule has 0 bridgehead atoms. The smallest absolute Gasteiger partial charge is 0.295 e. The summed E-state index contributed by atoms with van der Waals surface area (Å²) in [6.45, 7) is 4.93. The summed E-state index contributed by atoms with van der Waals surface area (Å²) in [6.07, 6.45) is 3.29. The average molecular weight is 498 g/mol. The van der Waals surface area contributed by atoms with Crippen LogP contribution in [-0.2, 0) is 14.3 Å². The molecule has 0 aliphatic carbocycles. The maximum Gasteiger partial charge on any atom is 0.295 e. The minimum atomic E-state index is -0.694. The average Bonchev–Trinajstić information content (AvgIpc) is 3.41. The largest absolute Gasteiger partial charge is 0.507 e. The van der Waals surface area contributed by atoms with Crippen LogP contribution in [0.4, 0.5) is 0 Å². The van der Waals surface area contributed by atoms with Crippen molar-refractivity contribution in [2.75, 3.05) is 19.8 Å². The Hall–Kier alpha value is -2.90. The molecule has 2 aliphatic heterocycles. The van der Waals surface area contributed by atoms with Gasteiger partial charge in [0, 0.05) is 23.2 Å². The number of carbonyl (C=O) groups is 2. The molecule has 2 aromatic carbocycles. The van der Waals surface area contributed by atoms with Gasteiger partial charge in [0.15, 0.2) is 0 Å². The summed E-state index contributed by atoms with van der Waals surface area (Å²) in [7, 11) is 0. The number of benzene rings is 2. The van der Waals surface area contributed by atoms with Crippen molar-refractivity contribution >= 4 is 33.4 Å². The van der Waals surface area contributed by atoms with E-state index in [9.17, 15) is 14.7 Å². The summed E-state index contributed by atoms with van der Waals surface area (Å²) in [5, 5.41) is 11.1. The Balaban J connectivity index is 1.74. The highest BCUT2D eigenvalue weighted by Gasteiger charge is 2.47. The number of hydrogen-bond acceptors (Lipinski definition) is 5. The minimum absolute atomic E-state index is 0.0788. The second kappa shape index (κ2) is 9.71. The van der Waals surface area contributed by atoms with Gasteiger partial charge in [-0.15, -0.1) is 0 Å². The number of ether oxygens (including phenoxy) is 2. The van der Waals surface area contributed by atoms with Gasteiger partial charge in [0.25, 0.3) is 11.7 Å². The van der Waals surface area contributed by atoms with Crippen molar-refractivity contribution in [3.8, 4) is 5.75 Å². The molecule has 0 radical (unpaired) electrons. The standard InChI is InChI=1S/C25H24BrNO5/c1-2-13-31-19-11-7-17(8-12-19)23(28)21-22(16-5-9-18(26)10-6-16)27(25(30)24(21)29)15-20-4-3-14-32-20/h2,5-12,20,22,28H,1,3-4,13-15H2/t20-,22+/m1/s1. The Morgan fingerprint density at radius 2 is 1.91 bits per heavy atom. The Bertz CT molecular complexity index is 1040. The van der Waals surface area contributed by atoms with Crippen LogP contribution in [0.3, 0.4) is 0 Å². The monoisotopic (exact) mass is 497 g/mol. The number of halogens is 1. The van der Waals surface area contributed by atoms with Gasteiger partial charge in [0.2, 0.25) is 0 Å². The molecule has 0 unspecified atom stereocenters. The van der Waals surface area contributed by atoms with Crippen molar-refractivity contribution in [1.29, 1.82) is 0 Å². The number of aliphatic hydroxyl groups excluding tert-OH is 1. The van der Waals surface area contributed by atoms with Crippen LogP contribution >= 0.6 is 15.9 Å². The van der Waals surface area contributed by atoms with E-state index >= 15 is 0 Å². The van der Waals surface area contributed by atoms with Gasteiger partial charge < -0.3 is 19.5 Å². The van der Waals surface area contributed by atoms with Crippen molar-refractivity contribution in [1.82, 2.24) is 4.90 Å². The molecule has 2 atom stereocenters. The van der Waals surface area contributed by atoms with Crippen LogP contribution in [-0.4, -0.2) is 47.6 Å². The van der Waals surface area contributed by atoms with E-state index in [1.165, 1.54) is 4.90 Å². The van der Waals surface area contributed by atoms with E-state index < -0.39 is 17.7 Å². The molecule has 4 rings (SSSR count). The predicted molar refractivity (Wildman–Crippen MR) is 124 cm³/mol. The third-order valence-electron chi connectivity index (χ3n) is 5.65. The predicted octanol–water partition coefficient (Wildman–Crippen LogP) is 4.61. The number of likely N-dealkylation sites (tertiary alicyclic amines) is 1. The highest BCUT2D eigenvalue weighted by Crippen LogP contribution is 2.40.